The predicted octanol–water partition coefficient (Wildman–Crippen LogP) is 10.9. The molecule has 0 spiro atoms. The van der Waals surface area contributed by atoms with Crippen LogP contribution in [0.2, 0.25) is 0 Å². The molecule has 4 heterocycles. The fraction of sp³-hybridized carbons (Fsp3) is 0.0213. The summed E-state index contributed by atoms with van der Waals surface area (Å²) in [5, 5.41) is 2.14. The zero-order chi connectivity index (χ0) is 33.8. The minimum Gasteiger partial charge on any atom is -0.264 e. The number of benzene rings is 5. The summed E-state index contributed by atoms with van der Waals surface area (Å²) in [6, 6.07) is 55.8. The molecule has 1 aliphatic rings. The second-order valence-corrected chi connectivity index (χ2v) is 13.1. The highest BCUT2D eigenvalue weighted by Gasteiger charge is 2.46. The normalized spacial score (nSPS) is 12.9. The minimum absolute atomic E-state index is 0.561. The first-order valence-electron chi connectivity index (χ1n) is 17.2. The van der Waals surface area contributed by atoms with Crippen molar-refractivity contribution >= 4 is 21.8 Å². The van der Waals surface area contributed by atoms with Gasteiger partial charge in [-0.1, -0.05) is 121 Å². The monoisotopic (exact) mass is 650 g/mol. The summed E-state index contributed by atoms with van der Waals surface area (Å²) in [5.74, 6) is 0. The van der Waals surface area contributed by atoms with Gasteiger partial charge in [0.05, 0.1) is 27.8 Å². The van der Waals surface area contributed by atoms with Crippen molar-refractivity contribution in [1.82, 2.24) is 19.9 Å². The van der Waals surface area contributed by atoms with E-state index in [0.29, 0.717) is 0 Å². The molecule has 10 rings (SSSR count). The predicted molar refractivity (Wildman–Crippen MR) is 206 cm³/mol. The number of rotatable bonds is 5. The molecule has 4 aromatic heterocycles. The van der Waals surface area contributed by atoms with Gasteiger partial charge in [0, 0.05) is 46.7 Å². The van der Waals surface area contributed by atoms with Crippen LogP contribution in [-0.4, -0.2) is 19.9 Å². The van der Waals surface area contributed by atoms with Gasteiger partial charge in [0.15, 0.2) is 0 Å². The lowest BCUT2D eigenvalue weighted by atomic mass is 9.68. The fourth-order valence-electron chi connectivity index (χ4n) is 7.97. The maximum absolute atomic E-state index is 5.25. The molecule has 0 saturated heterocycles. The Kier molecular flexibility index (Phi) is 6.68. The molecule has 5 aromatic carbocycles. The Morgan fingerprint density at radius 1 is 0.373 bits per heavy atom. The van der Waals surface area contributed by atoms with E-state index in [0.717, 1.165) is 66.6 Å². The van der Waals surface area contributed by atoms with Crippen LogP contribution >= 0.6 is 0 Å². The van der Waals surface area contributed by atoms with Crippen LogP contribution in [0.4, 0.5) is 0 Å². The Morgan fingerprint density at radius 2 is 0.941 bits per heavy atom. The Morgan fingerprint density at radius 3 is 1.63 bits per heavy atom. The minimum atomic E-state index is -0.561. The smallest absolute Gasteiger partial charge is 0.0972 e. The summed E-state index contributed by atoms with van der Waals surface area (Å²) in [4.78, 5) is 19.6. The number of fused-ring (bicyclic) bond motifs is 6. The van der Waals surface area contributed by atoms with Gasteiger partial charge in [-0.2, -0.15) is 0 Å². The molecule has 9 aromatic rings. The average molecular weight is 651 g/mol. The highest BCUT2D eigenvalue weighted by molar-refractivity contribution is 6.04. The molecule has 4 heteroatoms. The molecular formula is C47H30N4. The zero-order valence-corrected chi connectivity index (χ0v) is 27.6. The lowest BCUT2D eigenvalue weighted by Gasteiger charge is -2.33. The molecule has 0 radical (unpaired) electrons. The first-order valence-corrected chi connectivity index (χ1v) is 17.2. The average Bonchev–Trinajstić information content (AvgIpc) is 3.52. The van der Waals surface area contributed by atoms with E-state index in [1.54, 1.807) is 0 Å². The largest absolute Gasteiger partial charge is 0.264 e. The zero-order valence-electron chi connectivity index (χ0n) is 27.6. The summed E-state index contributed by atoms with van der Waals surface area (Å²) < 4.78 is 0. The quantitative estimate of drug-likeness (QED) is 0.174. The van der Waals surface area contributed by atoms with Gasteiger partial charge in [-0.3, -0.25) is 9.97 Å². The van der Waals surface area contributed by atoms with Gasteiger partial charge in [-0.25, -0.2) is 9.97 Å². The summed E-state index contributed by atoms with van der Waals surface area (Å²) in [5.41, 5.74) is 14.7. The second kappa shape index (κ2) is 11.7. The molecule has 4 nitrogen and oxygen atoms in total. The van der Waals surface area contributed by atoms with Crippen molar-refractivity contribution in [2.24, 2.45) is 0 Å². The van der Waals surface area contributed by atoms with Crippen LogP contribution in [0.15, 0.2) is 183 Å². The van der Waals surface area contributed by atoms with Crippen molar-refractivity contribution < 1.29 is 0 Å². The summed E-state index contributed by atoms with van der Waals surface area (Å²) in [6.45, 7) is 0. The van der Waals surface area contributed by atoms with Crippen LogP contribution in [0.5, 0.6) is 0 Å². The maximum Gasteiger partial charge on any atom is 0.0972 e. The number of aromatic nitrogens is 4. The van der Waals surface area contributed by atoms with Gasteiger partial charge in [-0.15, -0.1) is 0 Å². The molecule has 0 atom stereocenters. The second-order valence-electron chi connectivity index (χ2n) is 13.1. The highest BCUT2D eigenvalue weighted by atomic mass is 14.8. The van der Waals surface area contributed by atoms with Crippen molar-refractivity contribution in [3.05, 3.63) is 205 Å². The molecule has 1 aliphatic carbocycles. The molecule has 0 aliphatic heterocycles. The van der Waals surface area contributed by atoms with Gasteiger partial charge in [0.25, 0.3) is 0 Å². The number of nitrogens with zero attached hydrogens (tertiary/aromatic N) is 4. The first-order chi connectivity index (χ1) is 25.3. The Balaban J connectivity index is 1.12. The number of pyridine rings is 4. The van der Waals surface area contributed by atoms with E-state index in [4.69, 9.17) is 9.97 Å². The number of hydrogen-bond acceptors (Lipinski definition) is 4. The Hall–Kier alpha value is -6.78. The molecule has 238 valence electrons. The van der Waals surface area contributed by atoms with Crippen LogP contribution in [0.1, 0.15) is 22.3 Å². The van der Waals surface area contributed by atoms with Gasteiger partial charge in [0.1, 0.15) is 0 Å². The molecule has 0 unspecified atom stereocenters. The van der Waals surface area contributed by atoms with Crippen LogP contribution in [0, 0.1) is 0 Å². The van der Waals surface area contributed by atoms with Crippen molar-refractivity contribution in [1.29, 1.82) is 0 Å². The molecule has 51 heavy (non-hydrogen) atoms. The number of hydrogen-bond donors (Lipinski definition) is 0. The molecular weight excluding hydrogens is 621 g/mol. The van der Waals surface area contributed by atoms with Crippen LogP contribution < -0.4 is 0 Å². The maximum atomic E-state index is 5.25. The van der Waals surface area contributed by atoms with E-state index in [-0.39, 0.29) is 0 Å². The van der Waals surface area contributed by atoms with E-state index in [9.17, 15) is 0 Å². The van der Waals surface area contributed by atoms with E-state index in [2.05, 4.69) is 137 Å². The van der Waals surface area contributed by atoms with Gasteiger partial charge < -0.3 is 0 Å². The summed E-state index contributed by atoms with van der Waals surface area (Å²) in [7, 11) is 0. The van der Waals surface area contributed by atoms with Crippen LogP contribution in [0.3, 0.4) is 0 Å². The molecule has 0 amide bonds. The van der Waals surface area contributed by atoms with E-state index < -0.39 is 5.41 Å². The van der Waals surface area contributed by atoms with Crippen molar-refractivity contribution in [3.63, 3.8) is 0 Å². The van der Waals surface area contributed by atoms with Gasteiger partial charge in [0.2, 0.25) is 0 Å². The Labute approximate surface area is 295 Å². The van der Waals surface area contributed by atoms with Crippen LogP contribution in [-0.2, 0) is 5.41 Å². The molecule has 0 fully saturated rings. The summed E-state index contributed by atoms with van der Waals surface area (Å²) in [6.07, 6.45) is 7.68. The molecule has 0 N–H and O–H groups in total. The lowest BCUT2D eigenvalue weighted by molar-refractivity contribution is 0.757. The Bertz CT molecular complexity index is 2700. The van der Waals surface area contributed by atoms with E-state index >= 15 is 0 Å². The standard InChI is InChI=1S/C47H30N4/c1-2-9-31(10-3-1)43-23-20-32-17-18-33-21-24-44(51-46(33)45(32)50-43)36-12-6-11-34(27-36)35-19-22-40-39-15-4-5-16-41(39)47(42(40)28-35,37-13-7-25-48-29-37)38-14-8-26-49-30-38/h1-30H. The molecule has 0 bridgehead atoms. The third kappa shape index (κ3) is 4.61. The van der Waals surface area contributed by atoms with Gasteiger partial charge in [-0.05, 0) is 80.9 Å². The van der Waals surface area contributed by atoms with E-state index in [1.165, 1.54) is 22.3 Å². The summed E-state index contributed by atoms with van der Waals surface area (Å²) >= 11 is 0. The van der Waals surface area contributed by atoms with Gasteiger partial charge >= 0.3 is 0 Å². The SMILES string of the molecule is c1ccc(-c2ccc3ccc4ccc(-c5cccc(-c6ccc7c(c6)C(c6cccnc6)(c6cccnc6)c6ccccc6-7)c5)nc4c3n2)cc1. The molecule has 0 saturated carbocycles. The van der Waals surface area contributed by atoms with Crippen molar-refractivity contribution in [3.8, 4) is 44.8 Å². The van der Waals surface area contributed by atoms with Crippen molar-refractivity contribution in [2.75, 3.05) is 0 Å². The lowest BCUT2D eigenvalue weighted by Crippen LogP contribution is -2.29. The van der Waals surface area contributed by atoms with Crippen molar-refractivity contribution in [2.45, 2.75) is 5.41 Å². The van der Waals surface area contributed by atoms with E-state index in [1.807, 2.05) is 55.1 Å². The topological polar surface area (TPSA) is 51.6 Å². The third-order valence-corrected chi connectivity index (χ3v) is 10.3. The van der Waals surface area contributed by atoms with Crippen LogP contribution in [0.25, 0.3) is 66.6 Å². The first kappa shape index (κ1) is 29.2. The fourth-order valence-corrected chi connectivity index (χ4v) is 7.97. The third-order valence-electron chi connectivity index (χ3n) is 10.3. The highest BCUT2D eigenvalue weighted by Crippen LogP contribution is 2.56.